The summed E-state index contributed by atoms with van der Waals surface area (Å²) in [7, 11) is 0. The molecule has 0 atom stereocenters. The Hall–Kier alpha value is -1.57. The van der Waals surface area contributed by atoms with E-state index in [4.69, 9.17) is 14.2 Å². The van der Waals surface area contributed by atoms with Crippen LogP contribution in [0.2, 0.25) is 0 Å². The van der Waals surface area contributed by atoms with Crippen LogP contribution in [-0.2, 0) is 9.53 Å². The molecule has 0 spiro atoms. The molecule has 0 fully saturated rings. The summed E-state index contributed by atoms with van der Waals surface area (Å²) in [6.07, 6.45) is 1.68. The highest BCUT2D eigenvalue weighted by atomic mass is 127. The van der Waals surface area contributed by atoms with Gasteiger partial charge in [0, 0.05) is 6.92 Å². The average Bonchev–Trinajstić information content (AvgIpc) is 2.72. The molecule has 0 unspecified atom stereocenters. The fraction of sp³-hybridized carbons (Fsp3) is 0.333. The van der Waals surface area contributed by atoms with E-state index in [9.17, 15) is 4.79 Å². The van der Waals surface area contributed by atoms with E-state index in [0.29, 0.717) is 24.9 Å². The zero-order valence-electron chi connectivity index (χ0n) is 12.1. The molecule has 0 aromatic heterocycles. The van der Waals surface area contributed by atoms with Crippen LogP contribution in [0.3, 0.4) is 0 Å². The van der Waals surface area contributed by atoms with E-state index in [-0.39, 0.29) is 5.70 Å². The van der Waals surface area contributed by atoms with Crippen LogP contribution >= 0.6 is 22.6 Å². The van der Waals surface area contributed by atoms with E-state index < -0.39 is 5.97 Å². The van der Waals surface area contributed by atoms with Crippen molar-refractivity contribution in [3.05, 3.63) is 27.0 Å². The number of halogens is 1. The van der Waals surface area contributed by atoms with Gasteiger partial charge < -0.3 is 14.2 Å². The van der Waals surface area contributed by atoms with Gasteiger partial charge in [0.05, 0.1) is 16.8 Å². The summed E-state index contributed by atoms with van der Waals surface area (Å²) in [6, 6.07) is 3.75. The number of carbonyl (C=O) groups excluding carboxylic acids is 1. The lowest BCUT2D eigenvalue weighted by molar-refractivity contribution is -0.130. The topological polar surface area (TPSA) is 57.1 Å². The van der Waals surface area contributed by atoms with Gasteiger partial charge in [-0.2, -0.15) is 0 Å². The summed E-state index contributed by atoms with van der Waals surface area (Å²) in [4.78, 5) is 15.7. The minimum atomic E-state index is -0.436. The Bertz CT molecular complexity index is 622. The molecule has 1 aromatic rings. The Morgan fingerprint density at radius 3 is 2.57 bits per heavy atom. The molecule has 2 rings (SSSR count). The maximum atomic E-state index is 11.6. The third kappa shape index (κ3) is 3.75. The van der Waals surface area contributed by atoms with Crippen molar-refractivity contribution in [2.24, 2.45) is 4.99 Å². The van der Waals surface area contributed by atoms with Crippen LogP contribution in [0, 0.1) is 3.57 Å². The SMILES string of the molecule is CCOc1cc(C=C2N=C(C)OC2=O)cc(I)c1OCC. The molecule has 21 heavy (non-hydrogen) atoms. The number of cyclic esters (lactones) is 1. The van der Waals surface area contributed by atoms with E-state index in [1.807, 2.05) is 26.0 Å². The van der Waals surface area contributed by atoms with Crippen molar-refractivity contribution in [1.82, 2.24) is 0 Å². The maximum absolute atomic E-state index is 11.6. The Morgan fingerprint density at radius 1 is 1.29 bits per heavy atom. The Labute approximate surface area is 137 Å². The number of hydrogen-bond acceptors (Lipinski definition) is 5. The van der Waals surface area contributed by atoms with Gasteiger partial charge in [0.2, 0.25) is 0 Å². The molecule has 5 nitrogen and oxygen atoms in total. The van der Waals surface area contributed by atoms with Crippen molar-refractivity contribution in [3.63, 3.8) is 0 Å². The summed E-state index contributed by atoms with van der Waals surface area (Å²) < 4.78 is 17.0. The van der Waals surface area contributed by atoms with Crippen LogP contribution in [0.5, 0.6) is 11.5 Å². The first kappa shape index (κ1) is 15.8. The average molecular weight is 401 g/mol. The molecule has 0 N–H and O–H groups in total. The monoisotopic (exact) mass is 401 g/mol. The van der Waals surface area contributed by atoms with Crippen LogP contribution in [0.15, 0.2) is 22.8 Å². The smallest absolute Gasteiger partial charge is 0.363 e. The fourth-order valence-electron chi connectivity index (χ4n) is 1.89. The molecule has 6 heteroatoms. The van der Waals surface area contributed by atoms with Crippen molar-refractivity contribution in [1.29, 1.82) is 0 Å². The summed E-state index contributed by atoms with van der Waals surface area (Å²) in [6.45, 7) is 6.58. The zero-order valence-corrected chi connectivity index (χ0v) is 14.3. The van der Waals surface area contributed by atoms with Crippen molar-refractivity contribution < 1.29 is 19.0 Å². The molecule has 1 aliphatic heterocycles. The Kier molecular flexibility index (Phi) is 5.22. The number of nitrogens with zero attached hydrogens (tertiary/aromatic N) is 1. The lowest BCUT2D eigenvalue weighted by atomic mass is 10.1. The molecule has 112 valence electrons. The van der Waals surface area contributed by atoms with Crippen LogP contribution in [0.25, 0.3) is 6.08 Å². The number of hydrogen-bond donors (Lipinski definition) is 0. The van der Waals surface area contributed by atoms with E-state index >= 15 is 0 Å². The molecule has 0 amide bonds. The van der Waals surface area contributed by atoms with Crippen LogP contribution in [-0.4, -0.2) is 25.1 Å². The van der Waals surface area contributed by atoms with E-state index in [1.165, 1.54) is 0 Å². The number of benzene rings is 1. The van der Waals surface area contributed by atoms with Gasteiger partial charge in [-0.05, 0) is 60.2 Å². The second-order valence-electron chi connectivity index (χ2n) is 4.25. The minimum absolute atomic E-state index is 0.287. The van der Waals surface area contributed by atoms with Crippen LogP contribution < -0.4 is 9.47 Å². The van der Waals surface area contributed by atoms with E-state index in [0.717, 1.165) is 14.9 Å². The molecule has 0 saturated carbocycles. The lowest BCUT2D eigenvalue weighted by Crippen LogP contribution is -2.02. The normalized spacial score (nSPS) is 15.9. The highest BCUT2D eigenvalue weighted by Gasteiger charge is 2.20. The van der Waals surface area contributed by atoms with Gasteiger partial charge in [-0.25, -0.2) is 9.79 Å². The van der Waals surface area contributed by atoms with Crippen molar-refractivity contribution in [2.75, 3.05) is 13.2 Å². The summed E-state index contributed by atoms with van der Waals surface area (Å²) in [5, 5.41) is 0. The molecule has 1 aliphatic rings. The van der Waals surface area contributed by atoms with Crippen molar-refractivity contribution >= 4 is 40.5 Å². The third-order valence-corrected chi connectivity index (χ3v) is 3.45. The second-order valence-corrected chi connectivity index (χ2v) is 5.41. The number of rotatable bonds is 5. The zero-order chi connectivity index (χ0) is 15.4. The van der Waals surface area contributed by atoms with Crippen LogP contribution in [0.4, 0.5) is 0 Å². The first-order valence-electron chi connectivity index (χ1n) is 6.63. The molecule has 0 bridgehead atoms. The molecular weight excluding hydrogens is 385 g/mol. The molecule has 0 aliphatic carbocycles. The second kappa shape index (κ2) is 6.93. The van der Waals surface area contributed by atoms with Gasteiger partial charge in [0.15, 0.2) is 23.1 Å². The molecule has 1 aromatic carbocycles. The molecular formula is C15H16INO4. The number of aliphatic imine (C=N–C) groups is 1. The molecule has 0 saturated heterocycles. The first-order valence-corrected chi connectivity index (χ1v) is 7.71. The highest BCUT2D eigenvalue weighted by Crippen LogP contribution is 2.35. The first-order chi connectivity index (χ1) is 10.0. The number of esters is 1. The summed E-state index contributed by atoms with van der Waals surface area (Å²) >= 11 is 2.18. The van der Waals surface area contributed by atoms with Gasteiger partial charge in [0.25, 0.3) is 0 Å². The van der Waals surface area contributed by atoms with Gasteiger partial charge >= 0.3 is 5.97 Å². The third-order valence-electron chi connectivity index (χ3n) is 2.65. The van der Waals surface area contributed by atoms with E-state index in [2.05, 4.69) is 27.6 Å². The van der Waals surface area contributed by atoms with E-state index in [1.54, 1.807) is 13.0 Å². The fourth-order valence-corrected chi connectivity index (χ4v) is 2.67. The Balaban J connectivity index is 2.42. The Morgan fingerprint density at radius 2 is 2.00 bits per heavy atom. The van der Waals surface area contributed by atoms with Gasteiger partial charge in [-0.1, -0.05) is 0 Å². The standard InChI is InChI=1S/C15H16INO4/c1-4-19-13-8-10(6-11(16)14(13)20-5-2)7-12-15(18)21-9(3)17-12/h6-8H,4-5H2,1-3H3. The van der Waals surface area contributed by atoms with Gasteiger partial charge in [-0.3, -0.25) is 0 Å². The maximum Gasteiger partial charge on any atom is 0.363 e. The predicted molar refractivity (Wildman–Crippen MR) is 88.7 cm³/mol. The highest BCUT2D eigenvalue weighted by molar-refractivity contribution is 14.1. The summed E-state index contributed by atoms with van der Waals surface area (Å²) in [5.74, 6) is 1.30. The van der Waals surface area contributed by atoms with Crippen molar-refractivity contribution in [3.8, 4) is 11.5 Å². The molecule has 1 heterocycles. The quantitative estimate of drug-likeness (QED) is 0.431. The number of carbonyl (C=O) groups is 1. The van der Waals surface area contributed by atoms with Gasteiger partial charge in [0.1, 0.15) is 0 Å². The lowest BCUT2D eigenvalue weighted by Gasteiger charge is -2.13. The summed E-state index contributed by atoms with van der Waals surface area (Å²) in [5.41, 5.74) is 1.10. The molecule has 0 radical (unpaired) electrons. The van der Waals surface area contributed by atoms with Crippen molar-refractivity contribution in [2.45, 2.75) is 20.8 Å². The van der Waals surface area contributed by atoms with Crippen LogP contribution in [0.1, 0.15) is 26.3 Å². The van der Waals surface area contributed by atoms with Gasteiger partial charge in [-0.15, -0.1) is 0 Å². The predicted octanol–water partition coefficient (Wildman–Crippen LogP) is 3.40. The number of ether oxygens (including phenoxy) is 3. The minimum Gasteiger partial charge on any atom is -0.490 e. The largest absolute Gasteiger partial charge is 0.490 e.